The molecule has 17 heavy (non-hydrogen) atoms. The van der Waals surface area contributed by atoms with Gasteiger partial charge in [0.25, 0.3) is 5.91 Å². The van der Waals surface area contributed by atoms with E-state index in [-0.39, 0.29) is 23.5 Å². The number of carbonyl (C=O) groups excluding carboxylic acids is 1. The number of phenolic OH excluding ortho intramolecular Hbond substituents is 2. The van der Waals surface area contributed by atoms with Crippen molar-refractivity contribution < 1.29 is 24.9 Å². The summed E-state index contributed by atoms with van der Waals surface area (Å²) >= 11 is 0. The lowest BCUT2D eigenvalue weighted by Crippen LogP contribution is -2.40. The maximum Gasteiger partial charge on any atom is 0.326 e. The average Bonchev–Trinajstić information content (AvgIpc) is 2.28. The molecule has 0 radical (unpaired) electrons. The van der Waals surface area contributed by atoms with Crippen molar-refractivity contribution in [2.24, 2.45) is 0 Å². The Morgan fingerprint density at radius 1 is 1.35 bits per heavy atom. The van der Waals surface area contributed by atoms with E-state index in [1.807, 2.05) is 0 Å². The third kappa shape index (κ3) is 3.10. The molecule has 6 nitrogen and oxygen atoms in total. The predicted octanol–water partition coefficient (Wildman–Crippen LogP) is 0.691. The number of carbonyl (C=O) groups is 2. The molecule has 0 aliphatic carbocycles. The predicted molar refractivity (Wildman–Crippen MR) is 59.0 cm³/mol. The molecule has 1 unspecified atom stereocenters. The van der Waals surface area contributed by atoms with E-state index in [0.29, 0.717) is 0 Å². The molecular weight excluding hydrogens is 226 g/mol. The van der Waals surface area contributed by atoms with E-state index < -0.39 is 17.9 Å². The first-order valence-corrected chi connectivity index (χ1v) is 5.01. The van der Waals surface area contributed by atoms with Gasteiger partial charge in [-0.15, -0.1) is 0 Å². The quantitative estimate of drug-likeness (QED) is 0.578. The van der Waals surface area contributed by atoms with Crippen LogP contribution < -0.4 is 5.32 Å². The molecule has 0 fully saturated rings. The second-order valence-electron chi connectivity index (χ2n) is 3.47. The molecule has 1 atom stereocenters. The van der Waals surface area contributed by atoms with E-state index in [4.69, 9.17) is 5.11 Å². The molecule has 0 aromatic heterocycles. The molecule has 0 spiro atoms. The minimum absolute atomic E-state index is 0.162. The molecule has 6 heteroatoms. The van der Waals surface area contributed by atoms with Crippen LogP contribution in [0.2, 0.25) is 0 Å². The topological polar surface area (TPSA) is 107 Å². The van der Waals surface area contributed by atoms with Crippen LogP contribution in [0.25, 0.3) is 0 Å². The molecule has 0 heterocycles. The number of carboxylic acid groups (broad SMARTS) is 1. The maximum absolute atomic E-state index is 11.6. The molecule has 92 valence electrons. The van der Waals surface area contributed by atoms with Gasteiger partial charge in [-0.05, 0) is 24.6 Å². The van der Waals surface area contributed by atoms with Crippen LogP contribution in [-0.2, 0) is 4.79 Å². The fourth-order valence-corrected chi connectivity index (χ4v) is 1.28. The zero-order chi connectivity index (χ0) is 13.0. The molecule has 4 N–H and O–H groups in total. The van der Waals surface area contributed by atoms with Crippen LogP contribution in [0.1, 0.15) is 23.7 Å². The lowest BCUT2D eigenvalue weighted by atomic mass is 10.1. The van der Waals surface area contributed by atoms with E-state index in [2.05, 4.69) is 5.32 Å². The summed E-state index contributed by atoms with van der Waals surface area (Å²) in [5.74, 6) is -2.40. The van der Waals surface area contributed by atoms with Crippen LogP contribution in [0.5, 0.6) is 11.5 Å². The van der Waals surface area contributed by atoms with Crippen molar-refractivity contribution in [2.75, 3.05) is 0 Å². The zero-order valence-corrected chi connectivity index (χ0v) is 9.17. The first-order valence-electron chi connectivity index (χ1n) is 5.01. The van der Waals surface area contributed by atoms with Crippen molar-refractivity contribution in [2.45, 2.75) is 19.4 Å². The Kier molecular flexibility index (Phi) is 3.92. The minimum Gasteiger partial charge on any atom is -0.508 e. The van der Waals surface area contributed by atoms with Gasteiger partial charge < -0.3 is 20.6 Å². The number of hydrogen-bond donors (Lipinski definition) is 4. The third-order valence-corrected chi connectivity index (χ3v) is 2.24. The van der Waals surface area contributed by atoms with Crippen molar-refractivity contribution in [3.8, 4) is 11.5 Å². The number of nitrogens with one attached hydrogen (secondary N) is 1. The fourth-order valence-electron chi connectivity index (χ4n) is 1.28. The van der Waals surface area contributed by atoms with E-state index in [1.54, 1.807) is 6.92 Å². The largest absolute Gasteiger partial charge is 0.508 e. The minimum atomic E-state index is -1.15. The highest BCUT2D eigenvalue weighted by molar-refractivity contribution is 5.99. The Labute approximate surface area is 97.5 Å². The summed E-state index contributed by atoms with van der Waals surface area (Å²) in [5, 5.41) is 29.6. The smallest absolute Gasteiger partial charge is 0.326 e. The highest BCUT2D eigenvalue weighted by Gasteiger charge is 2.20. The molecule has 0 aliphatic rings. The first-order chi connectivity index (χ1) is 7.95. The summed E-state index contributed by atoms with van der Waals surface area (Å²) in [6.45, 7) is 1.61. The average molecular weight is 239 g/mol. The Balaban J connectivity index is 2.89. The molecule has 0 bridgehead atoms. The van der Waals surface area contributed by atoms with E-state index >= 15 is 0 Å². The van der Waals surface area contributed by atoms with Crippen LogP contribution in [0.3, 0.4) is 0 Å². The van der Waals surface area contributed by atoms with E-state index in [0.717, 1.165) is 12.1 Å². The third-order valence-electron chi connectivity index (χ3n) is 2.24. The van der Waals surface area contributed by atoms with Crippen molar-refractivity contribution in [1.82, 2.24) is 5.32 Å². The number of aliphatic carboxylic acids is 1. The van der Waals surface area contributed by atoms with Gasteiger partial charge in [0.15, 0.2) is 0 Å². The maximum atomic E-state index is 11.6. The molecular formula is C11H13NO5. The van der Waals surface area contributed by atoms with Gasteiger partial charge in [-0.25, -0.2) is 4.79 Å². The number of aromatic hydroxyl groups is 2. The Morgan fingerprint density at radius 2 is 2.00 bits per heavy atom. The Hall–Kier alpha value is -2.24. The molecule has 1 amide bonds. The monoisotopic (exact) mass is 239 g/mol. The van der Waals surface area contributed by atoms with Gasteiger partial charge in [0, 0.05) is 0 Å². The normalized spacial score (nSPS) is 11.8. The summed E-state index contributed by atoms with van der Waals surface area (Å²) in [6, 6.07) is 2.43. The zero-order valence-electron chi connectivity index (χ0n) is 9.17. The lowest BCUT2D eigenvalue weighted by Gasteiger charge is -2.12. The van der Waals surface area contributed by atoms with Gasteiger partial charge in [0.1, 0.15) is 17.5 Å². The van der Waals surface area contributed by atoms with Crippen molar-refractivity contribution in [3.05, 3.63) is 23.8 Å². The number of phenols is 2. The summed E-state index contributed by atoms with van der Waals surface area (Å²) in [5.41, 5.74) is -0.162. The molecule has 1 aromatic rings. The molecule has 0 saturated carbocycles. The van der Waals surface area contributed by atoms with Crippen LogP contribution in [0, 0.1) is 0 Å². The SMILES string of the molecule is CCC(NC(=O)c1cc(O)ccc1O)C(=O)O. The van der Waals surface area contributed by atoms with Crippen LogP contribution >= 0.6 is 0 Å². The fraction of sp³-hybridized carbons (Fsp3) is 0.273. The van der Waals surface area contributed by atoms with Gasteiger partial charge in [0.2, 0.25) is 0 Å². The molecule has 0 saturated heterocycles. The summed E-state index contributed by atoms with van der Waals surface area (Å²) in [4.78, 5) is 22.4. The van der Waals surface area contributed by atoms with Gasteiger partial charge in [0.05, 0.1) is 5.56 Å². The van der Waals surface area contributed by atoms with Crippen molar-refractivity contribution >= 4 is 11.9 Å². The van der Waals surface area contributed by atoms with Crippen LogP contribution in [0.15, 0.2) is 18.2 Å². The van der Waals surface area contributed by atoms with Gasteiger partial charge in [-0.1, -0.05) is 6.92 Å². The number of benzene rings is 1. The van der Waals surface area contributed by atoms with Gasteiger partial charge >= 0.3 is 5.97 Å². The van der Waals surface area contributed by atoms with Gasteiger partial charge in [-0.3, -0.25) is 4.79 Å². The van der Waals surface area contributed by atoms with E-state index in [1.165, 1.54) is 6.07 Å². The number of carboxylic acids is 1. The highest BCUT2D eigenvalue weighted by atomic mass is 16.4. The highest BCUT2D eigenvalue weighted by Crippen LogP contribution is 2.21. The number of amides is 1. The summed E-state index contributed by atoms with van der Waals surface area (Å²) in [6.07, 6.45) is 0.223. The standard InChI is InChI=1S/C11H13NO5/c1-2-8(11(16)17)12-10(15)7-5-6(13)3-4-9(7)14/h3-5,8,13-14H,2H2,1H3,(H,12,15)(H,16,17). The molecule has 0 aliphatic heterocycles. The Bertz CT molecular complexity index is 443. The van der Waals surface area contributed by atoms with Crippen molar-refractivity contribution in [1.29, 1.82) is 0 Å². The lowest BCUT2D eigenvalue weighted by molar-refractivity contribution is -0.139. The van der Waals surface area contributed by atoms with Crippen molar-refractivity contribution in [3.63, 3.8) is 0 Å². The number of hydrogen-bond acceptors (Lipinski definition) is 4. The number of rotatable bonds is 4. The summed E-state index contributed by atoms with van der Waals surface area (Å²) in [7, 11) is 0. The van der Waals surface area contributed by atoms with Crippen LogP contribution in [0.4, 0.5) is 0 Å². The van der Waals surface area contributed by atoms with Crippen LogP contribution in [-0.4, -0.2) is 33.2 Å². The second kappa shape index (κ2) is 5.20. The second-order valence-corrected chi connectivity index (χ2v) is 3.47. The first kappa shape index (κ1) is 12.8. The molecule has 1 rings (SSSR count). The van der Waals surface area contributed by atoms with E-state index in [9.17, 15) is 19.8 Å². The summed E-state index contributed by atoms with van der Waals surface area (Å²) < 4.78 is 0. The Morgan fingerprint density at radius 3 is 2.53 bits per heavy atom. The molecule has 1 aromatic carbocycles. The van der Waals surface area contributed by atoms with Gasteiger partial charge in [-0.2, -0.15) is 0 Å².